The van der Waals surface area contributed by atoms with Gasteiger partial charge in [0.15, 0.2) is 6.61 Å². The van der Waals surface area contributed by atoms with Gasteiger partial charge in [0.2, 0.25) is 5.78 Å². The largest absolute Gasteiger partial charge is 0.454 e. The predicted molar refractivity (Wildman–Crippen MR) is 102 cm³/mol. The van der Waals surface area contributed by atoms with Crippen molar-refractivity contribution in [1.82, 2.24) is 4.57 Å². The number of para-hydroxylation sites is 1. The minimum atomic E-state index is -0.565. The molecule has 5 heteroatoms. The highest BCUT2D eigenvalue weighted by atomic mass is 16.5. The van der Waals surface area contributed by atoms with E-state index in [2.05, 4.69) is 0 Å². The van der Waals surface area contributed by atoms with Crippen LogP contribution in [0.5, 0.6) is 0 Å². The lowest BCUT2D eigenvalue weighted by Gasteiger charge is -2.09. The Morgan fingerprint density at radius 1 is 1.00 bits per heavy atom. The number of carbonyl (C=O) groups excluding carboxylic acids is 2. The maximum atomic E-state index is 12.6. The van der Waals surface area contributed by atoms with E-state index in [1.807, 2.05) is 54.8 Å². The number of esters is 1. The van der Waals surface area contributed by atoms with Crippen LogP contribution in [0.2, 0.25) is 0 Å². The molecule has 0 saturated heterocycles. The molecule has 0 spiro atoms. The molecule has 138 valence electrons. The lowest BCUT2D eigenvalue weighted by Crippen LogP contribution is -2.15. The lowest BCUT2D eigenvalue weighted by atomic mass is 10.1. The summed E-state index contributed by atoms with van der Waals surface area (Å²) in [6, 6.07) is 18.0. The number of hydrogen-bond acceptors (Lipinski definition) is 4. The van der Waals surface area contributed by atoms with Gasteiger partial charge in [0.25, 0.3) is 0 Å². The van der Waals surface area contributed by atoms with Gasteiger partial charge in [-0.1, -0.05) is 30.3 Å². The van der Waals surface area contributed by atoms with Crippen LogP contribution in [0.3, 0.4) is 0 Å². The van der Waals surface area contributed by atoms with Crippen LogP contribution in [0.25, 0.3) is 5.69 Å². The number of aryl methyl sites for hydroxylation is 1. The van der Waals surface area contributed by atoms with E-state index in [0.29, 0.717) is 16.7 Å². The maximum absolute atomic E-state index is 12.6. The van der Waals surface area contributed by atoms with E-state index in [-0.39, 0.29) is 19.0 Å². The van der Waals surface area contributed by atoms with Gasteiger partial charge in [-0.3, -0.25) is 4.79 Å². The molecule has 0 fully saturated rings. The summed E-state index contributed by atoms with van der Waals surface area (Å²) in [5.74, 6) is -0.810. The summed E-state index contributed by atoms with van der Waals surface area (Å²) in [5, 5.41) is 9.04. The van der Waals surface area contributed by atoms with Gasteiger partial charge in [-0.15, -0.1) is 0 Å². The van der Waals surface area contributed by atoms with Gasteiger partial charge in [0, 0.05) is 22.6 Å². The van der Waals surface area contributed by atoms with Crippen molar-refractivity contribution in [3.8, 4) is 5.69 Å². The Hall–Kier alpha value is -3.18. The number of ketones is 1. The predicted octanol–water partition coefficient (Wildman–Crippen LogP) is 3.63. The van der Waals surface area contributed by atoms with Gasteiger partial charge in [-0.25, -0.2) is 4.79 Å². The molecule has 0 atom stereocenters. The van der Waals surface area contributed by atoms with Crippen molar-refractivity contribution in [2.75, 3.05) is 6.61 Å². The second-order valence-electron chi connectivity index (χ2n) is 6.31. The second-order valence-corrected chi connectivity index (χ2v) is 6.31. The van der Waals surface area contributed by atoms with Crippen molar-refractivity contribution < 1.29 is 19.4 Å². The van der Waals surface area contributed by atoms with Crippen molar-refractivity contribution >= 4 is 11.8 Å². The first kappa shape index (κ1) is 18.6. The van der Waals surface area contributed by atoms with Crippen molar-refractivity contribution in [3.05, 3.63) is 88.7 Å². The van der Waals surface area contributed by atoms with E-state index in [4.69, 9.17) is 9.84 Å². The van der Waals surface area contributed by atoms with E-state index in [1.165, 1.54) is 0 Å². The van der Waals surface area contributed by atoms with Crippen LogP contribution in [0, 0.1) is 13.8 Å². The highest BCUT2D eigenvalue weighted by Crippen LogP contribution is 2.21. The van der Waals surface area contributed by atoms with Gasteiger partial charge in [-0.2, -0.15) is 0 Å². The number of aromatic nitrogens is 1. The molecule has 0 aliphatic heterocycles. The van der Waals surface area contributed by atoms with Crippen LogP contribution in [0.15, 0.2) is 60.7 Å². The van der Waals surface area contributed by atoms with Crippen LogP contribution in [-0.4, -0.2) is 28.0 Å². The Morgan fingerprint density at radius 2 is 1.67 bits per heavy atom. The number of hydrogen-bond donors (Lipinski definition) is 1. The van der Waals surface area contributed by atoms with Gasteiger partial charge < -0.3 is 14.4 Å². The molecular formula is C22H21NO4. The van der Waals surface area contributed by atoms with Crippen LogP contribution in [-0.2, 0) is 11.3 Å². The van der Waals surface area contributed by atoms with E-state index >= 15 is 0 Å². The summed E-state index contributed by atoms with van der Waals surface area (Å²) in [5.41, 5.74) is 4.32. The van der Waals surface area contributed by atoms with Crippen molar-refractivity contribution in [3.63, 3.8) is 0 Å². The third-order valence-corrected chi connectivity index (χ3v) is 4.45. The first-order valence-electron chi connectivity index (χ1n) is 8.65. The molecule has 27 heavy (non-hydrogen) atoms. The SMILES string of the molecule is Cc1cc(C(=O)COC(=O)c2ccc(CO)cc2)c(C)n1-c1ccccc1. The molecule has 0 amide bonds. The molecule has 0 bridgehead atoms. The number of aliphatic hydroxyl groups is 1. The average molecular weight is 363 g/mol. The molecule has 1 aromatic heterocycles. The quantitative estimate of drug-likeness (QED) is 0.536. The zero-order valence-corrected chi connectivity index (χ0v) is 15.3. The van der Waals surface area contributed by atoms with E-state index in [9.17, 15) is 9.59 Å². The third kappa shape index (κ3) is 3.99. The Balaban J connectivity index is 1.72. The number of Topliss-reactive ketones (excluding diaryl/α,β-unsaturated/α-hetero) is 1. The zero-order valence-electron chi connectivity index (χ0n) is 15.3. The normalized spacial score (nSPS) is 10.6. The highest BCUT2D eigenvalue weighted by Gasteiger charge is 2.18. The van der Waals surface area contributed by atoms with Crippen LogP contribution >= 0.6 is 0 Å². The van der Waals surface area contributed by atoms with Gasteiger partial charge in [0.1, 0.15) is 0 Å². The summed E-state index contributed by atoms with van der Waals surface area (Å²) in [4.78, 5) is 24.7. The molecular weight excluding hydrogens is 342 g/mol. The third-order valence-electron chi connectivity index (χ3n) is 4.45. The molecule has 1 N–H and O–H groups in total. The minimum Gasteiger partial charge on any atom is -0.454 e. The number of aliphatic hydroxyl groups excluding tert-OH is 1. The second kappa shape index (κ2) is 8.01. The maximum Gasteiger partial charge on any atom is 0.338 e. The zero-order chi connectivity index (χ0) is 19.4. The fourth-order valence-electron chi connectivity index (χ4n) is 3.06. The molecule has 0 saturated carbocycles. The van der Waals surface area contributed by atoms with Crippen LogP contribution in [0.4, 0.5) is 0 Å². The number of benzene rings is 2. The van der Waals surface area contributed by atoms with Gasteiger partial charge in [-0.05, 0) is 49.7 Å². The minimum absolute atomic E-state index is 0.0924. The van der Waals surface area contributed by atoms with E-state index in [1.54, 1.807) is 24.3 Å². The molecule has 3 rings (SSSR count). The fourth-order valence-corrected chi connectivity index (χ4v) is 3.06. The molecule has 0 radical (unpaired) electrons. The number of rotatable bonds is 6. The first-order valence-corrected chi connectivity index (χ1v) is 8.65. The molecule has 1 heterocycles. The summed E-state index contributed by atoms with van der Waals surface area (Å²) in [6.45, 7) is 3.40. The van der Waals surface area contributed by atoms with Crippen molar-refractivity contribution in [2.24, 2.45) is 0 Å². The van der Waals surface area contributed by atoms with Crippen LogP contribution in [0.1, 0.15) is 37.7 Å². The molecule has 2 aromatic carbocycles. The fraction of sp³-hybridized carbons (Fsp3) is 0.182. The topological polar surface area (TPSA) is 68.5 Å². The number of ether oxygens (including phenoxy) is 1. The number of nitrogens with zero attached hydrogens (tertiary/aromatic N) is 1. The van der Waals surface area contributed by atoms with Crippen molar-refractivity contribution in [1.29, 1.82) is 0 Å². The molecule has 0 aliphatic carbocycles. The molecule has 0 unspecified atom stereocenters. The molecule has 3 aromatic rings. The smallest absolute Gasteiger partial charge is 0.338 e. The standard InChI is InChI=1S/C22H21NO4/c1-15-12-20(16(2)23(15)19-6-4-3-5-7-19)21(25)14-27-22(26)18-10-8-17(13-24)9-11-18/h3-12,24H,13-14H2,1-2H3. The summed E-state index contributed by atoms with van der Waals surface area (Å²) in [7, 11) is 0. The van der Waals surface area contributed by atoms with Gasteiger partial charge >= 0.3 is 5.97 Å². The summed E-state index contributed by atoms with van der Waals surface area (Å²) < 4.78 is 7.17. The number of carbonyl (C=O) groups is 2. The van der Waals surface area contributed by atoms with E-state index in [0.717, 1.165) is 17.1 Å². The Kier molecular flexibility index (Phi) is 5.52. The Labute approximate surface area is 157 Å². The average Bonchev–Trinajstić information content (AvgIpc) is 3.00. The van der Waals surface area contributed by atoms with Crippen molar-refractivity contribution in [2.45, 2.75) is 20.5 Å². The first-order chi connectivity index (χ1) is 13.0. The Bertz CT molecular complexity index is 956. The monoisotopic (exact) mass is 363 g/mol. The van der Waals surface area contributed by atoms with E-state index < -0.39 is 5.97 Å². The van der Waals surface area contributed by atoms with Gasteiger partial charge in [0.05, 0.1) is 12.2 Å². The Morgan fingerprint density at radius 3 is 2.30 bits per heavy atom. The molecule has 5 nitrogen and oxygen atoms in total. The summed E-state index contributed by atoms with van der Waals surface area (Å²) >= 11 is 0. The lowest BCUT2D eigenvalue weighted by molar-refractivity contribution is 0.0474. The highest BCUT2D eigenvalue weighted by molar-refractivity contribution is 6.00. The van der Waals surface area contributed by atoms with Crippen LogP contribution < -0.4 is 0 Å². The molecule has 0 aliphatic rings. The summed E-state index contributed by atoms with van der Waals surface area (Å²) in [6.07, 6.45) is 0.